The first-order valence-electron chi connectivity index (χ1n) is 26.0. The maximum Gasteiger partial charge on any atom is 0.219 e. The lowest BCUT2D eigenvalue weighted by molar-refractivity contribution is -0.194. The standard InChI is InChI=1S/C57H96O6/c1-4-7-10-13-16-19-22-25-28-31-34-37-40-43-46-49-53(59)56(62,52-58)57(63,54(60)50-47-44-41-38-35-32-29-26-23-20-17-14-11-8-5-2)55(61)51-48-45-42-39-36-33-30-27-24-21-18-15-12-9-6-3/h8,11,16-21,25-30,58,62-63H,4-7,9-10,12-15,22-24,31-52H2,1-3H3. The summed E-state index contributed by atoms with van der Waals surface area (Å²) in [7, 11) is 0. The van der Waals surface area contributed by atoms with Crippen molar-refractivity contribution in [2.24, 2.45) is 0 Å². The summed E-state index contributed by atoms with van der Waals surface area (Å²) in [6.07, 6.45) is 60.7. The molecule has 2 unspecified atom stereocenters. The van der Waals surface area contributed by atoms with Crippen LogP contribution in [0.5, 0.6) is 0 Å². The first-order valence-corrected chi connectivity index (χ1v) is 26.0. The fraction of sp³-hybridized carbons (Fsp3) is 0.702. The van der Waals surface area contributed by atoms with E-state index in [0.29, 0.717) is 19.3 Å². The molecule has 0 heterocycles. The molecular formula is C57H96O6. The van der Waals surface area contributed by atoms with Crippen LogP contribution in [-0.4, -0.2) is 50.5 Å². The van der Waals surface area contributed by atoms with Gasteiger partial charge in [0.2, 0.25) is 5.60 Å². The molecule has 0 bridgehead atoms. The molecule has 0 aromatic rings. The van der Waals surface area contributed by atoms with Crippen molar-refractivity contribution in [2.45, 2.75) is 250 Å². The maximum atomic E-state index is 13.8. The molecule has 0 spiro atoms. The summed E-state index contributed by atoms with van der Waals surface area (Å²) >= 11 is 0. The van der Waals surface area contributed by atoms with Crippen LogP contribution < -0.4 is 0 Å². The van der Waals surface area contributed by atoms with Crippen LogP contribution in [-0.2, 0) is 14.4 Å². The summed E-state index contributed by atoms with van der Waals surface area (Å²) in [5.74, 6) is -2.56. The molecule has 2 atom stereocenters. The van der Waals surface area contributed by atoms with Crippen molar-refractivity contribution >= 4 is 17.3 Å². The Balaban J connectivity index is 5.08. The third-order valence-electron chi connectivity index (χ3n) is 11.9. The number of allylic oxidation sites excluding steroid dienone is 14. The van der Waals surface area contributed by atoms with Crippen molar-refractivity contribution < 1.29 is 29.7 Å². The number of carbonyl (C=O) groups excluding carboxylic acids is 3. The van der Waals surface area contributed by atoms with Gasteiger partial charge in [-0.2, -0.15) is 0 Å². The van der Waals surface area contributed by atoms with Crippen molar-refractivity contribution in [1.29, 1.82) is 0 Å². The maximum absolute atomic E-state index is 13.8. The lowest BCUT2D eigenvalue weighted by atomic mass is 9.71. The van der Waals surface area contributed by atoms with E-state index in [0.717, 1.165) is 141 Å². The van der Waals surface area contributed by atoms with Crippen molar-refractivity contribution in [3.8, 4) is 0 Å². The summed E-state index contributed by atoms with van der Waals surface area (Å²) in [5, 5.41) is 34.1. The lowest BCUT2D eigenvalue weighted by Gasteiger charge is -2.39. The number of carbonyl (C=O) groups is 3. The van der Waals surface area contributed by atoms with Gasteiger partial charge in [-0.15, -0.1) is 0 Å². The van der Waals surface area contributed by atoms with Crippen LogP contribution in [0.25, 0.3) is 0 Å². The quantitative estimate of drug-likeness (QED) is 0.0319. The molecule has 360 valence electrons. The predicted octanol–water partition coefficient (Wildman–Crippen LogP) is 15.4. The number of hydrogen-bond donors (Lipinski definition) is 3. The summed E-state index contributed by atoms with van der Waals surface area (Å²) in [4.78, 5) is 41.2. The second kappa shape index (κ2) is 44.3. The molecule has 0 aromatic carbocycles. The second-order valence-corrected chi connectivity index (χ2v) is 17.6. The Kier molecular flexibility index (Phi) is 42.2. The highest BCUT2D eigenvalue weighted by Crippen LogP contribution is 2.32. The van der Waals surface area contributed by atoms with E-state index in [9.17, 15) is 29.7 Å². The molecule has 0 radical (unpaired) electrons. The number of Topliss-reactive ketones (excluding diaryl/α,β-unsaturated/α-hetero) is 3. The van der Waals surface area contributed by atoms with Gasteiger partial charge in [0.25, 0.3) is 0 Å². The van der Waals surface area contributed by atoms with Gasteiger partial charge >= 0.3 is 0 Å². The van der Waals surface area contributed by atoms with Crippen molar-refractivity contribution in [2.75, 3.05) is 6.61 Å². The monoisotopic (exact) mass is 877 g/mol. The van der Waals surface area contributed by atoms with Gasteiger partial charge < -0.3 is 15.3 Å². The van der Waals surface area contributed by atoms with Crippen LogP contribution in [0.3, 0.4) is 0 Å². The third-order valence-corrected chi connectivity index (χ3v) is 11.9. The highest BCUT2D eigenvalue weighted by atomic mass is 16.4. The molecule has 0 fully saturated rings. The molecule has 0 aromatic heterocycles. The molecule has 6 heteroatoms. The summed E-state index contributed by atoms with van der Waals surface area (Å²) in [6.45, 7) is 5.39. The molecule has 63 heavy (non-hydrogen) atoms. The highest BCUT2D eigenvalue weighted by molar-refractivity contribution is 6.16. The van der Waals surface area contributed by atoms with Crippen molar-refractivity contribution in [3.05, 3.63) is 85.1 Å². The van der Waals surface area contributed by atoms with Gasteiger partial charge in [-0.25, -0.2) is 0 Å². The summed E-state index contributed by atoms with van der Waals surface area (Å²) in [5.41, 5.74) is -5.82. The second-order valence-electron chi connectivity index (χ2n) is 17.6. The molecule has 3 N–H and O–H groups in total. The van der Waals surface area contributed by atoms with Gasteiger partial charge in [0.1, 0.15) is 0 Å². The Bertz CT molecular complexity index is 1320. The number of aliphatic hydroxyl groups is 3. The van der Waals surface area contributed by atoms with Crippen molar-refractivity contribution in [3.63, 3.8) is 0 Å². The van der Waals surface area contributed by atoms with Gasteiger partial charge in [0, 0.05) is 19.3 Å². The van der Waals surface area contributed by atoms with E-state index in [1.807, 2.05) is 0 Å². The normalized spacial score (nSPS) is 14.5. The highest BCUT2D eigenvalue weighted by Gasteiger charge is 2.62. The molecule has 0 saturated heterocycles. The zero-order valence-electron chi connectivity index (χ0n) is 40.9. The Morgan fingerprint density at radius 2 is 0.619 bits per heavy atom. The SMILES string of the molecule is CCC=CCC=CCC=CCCCCCCCC(=O)C(O)(C(=O)CCCCCCCC=CCC=CCCCCC)C(O)(CO)C(=O)CCCCCCCC=CCC=CCCCCC. The zero-order valence-corrected chi connectivity index (χ0v) is 40.9. The minimum atomic E-state index is -2.96. The third kappa shape index (κ3) is 31.6. The first-order chi connectivity index (χ1) is 30.8. The first kappa shape index (κ1) is 60.1. The Morgan fingerprint density at radius 1 is 0.349 bits per heavy atom. The van der Waals surface area contributed by atoms with E-state index in [1.54, 1.807) is 0 Å². The summed E-state index contributed by atoms with van der Waals surface area (Å²) < 4.78 is 0. The van der Waals surface area contributed by atoms with Gasteiger partial charge in [-0.1, -0.05) is 189 Å². The van der Waals surface area contributed by atoms with E-state index in [-0.39, 0.29) is 19.3 Å². The smallest absolute Gasteiger partial charge is 0.219 e. The minimum Gasteiger partial charge on any atom is -0.393 e. The van der Waals surface area contributed by atoms with Crippen LogP contribution >= 0.6 is 0 Å². The van der Waals surface area contributed by atoms with Gasteiger partial charge in [0.05, 0.1) is 6.61 Å². The number of rotatable bonds is 46. The molecule has 0 amide bonds. The van der Waals surface area contributed by atoms with Crippen LogP contribution in [0.1, 0.15) is 239 Å². The van der Waals surface area contributed by atoms with E-state index in [4.69, 9.17) is 0 Å². The number of ketones is 3. The molecule has 0 saturated carbocycles. The number of unbranched alkanes of at least 4 members (excludes halogenated alkanes) is 21. The zero-order chi connectivity index (χ0) is 46.4. The van der Waals surface area contributed by atoms with Crippen LogP contribution in [0, 0.1) is 0 Å². The molecule has 0 aliphatic heterocycles. The average Bonchev–Trinajstić information content (AvgIpc) is 3.29. The molecule has 6 nitrogen and oxygen atoms in total. The Labute approximate surface area is 387 Å². The topological polar surface area (TPSA) is 112 Å². The average molecular weight is 877 g/mol. The predicted molar refractivity (Wildman–Crippen MR) is 270 cm³/mol. The Hall–Kier alpha value is -2.93. The lowest BCUT2D eigenvalue weighted by Crippen LogP contribution is -2.69. The van der Waals surface area contributed by atoms with Crippen LogP contribution in [0.4, 0.5) is 0 Å². The van der Waals surface area contributed by atoms with E-state index >= 15 is 0 Å². The van der Waals surface area contributed by atoms with Crippen LogP contribution in [0.15, 0.2) is 85.1 Å². The molecule has 0 aliphatic rings. The van der Waals surface area contributed by atoms with E-state index < -0.39 is 35.2 Å². The molecule has 0 rings (SSSR count). The Morgan fingerprint density at radius 3 is 0.937 bits per heavy atom. The fourth-order valence-electron chi connectivity index (χ4n) is 7.69. The van der Waals surface area contributed by atoms with Gasteiger partial charge in [-0.05, 0) is 116 Å². The summed E-state index contributed by atoms with van der Waals surface area (Å²) in [6, 6.07) is 0. The van der Waals surface area contributed by atoms with E-state index in [2.05, 4.69) is 106 Å². The number of aliphatic hydroxyl groups excluding tert-OH is 1. The minimum absolute atomic E-state index is 0.116. The molecular weight excluding hydrogens is 781 g/mol. The van der Waals surface area contributed by atoms with Gasteiger partial charge in [0.15, 0.2) is 23.0 Å². The molecule has 0 aliphatic carbocycles. The van der Waals surface area contributed by atoms with Crippen molar-refractivity contribution in [1.82, 2.24) is 0 Å². The number of hydrogen-bond acceptors (Lipinski definition) is 6. The van der Waals surface area contributed by atoms with Gasteiger partial charge in [-0.3, -0.25) is 14.4 Å². The fourth-order valence-corrected chi connectivity index (χ4v) is 7.69. The van der Waals surface area contributed by atoms with E-state index in [1.165, 1.54) is 38.5 Å². The largest absolute Gasteiger partial charge is 0.393 e. The van der Waals surface area contributed by atoms with Crippen LogP contribution in [0.2, 0.25) is 0 Å².